The largest absolute Gasteiger partial charge is 0.449 e. The molecule has 1 saturated heterocycles. The summed E-state index contributed by atoms with van der Waals surface area (Å²) in [6, 6.07) is 12.8. The summed E-state index contributed by atoms with van der Waals surface area (Å²) in [7, 11) is 0. The van der Waals surface area contributed by atoms with Crippen molar-refractivity contribution in [1.29, 1.82) is 0 Å². The number of rotatable bonds is 5. The first kappa shape index (κ1) is 24.4. The minimum absolute atomic E-state index is 0.0125. The highest BCUT2D eigenvalue weighted by Crippen LogP contribution is 2.30. The van der Waals surface area contributed by atoms with Crippen LogP contribution in [0.3, 0.4) is 0 Å². The molecule has 1 aliphatic rings. The standard InChI is InChI=1S/C25H25ClN4O5/c1-3-12-35-25(32)29-11-10-28(15-16(29)2)24(31)18-6-9-20-21(26)14-22(27-23(20)13-18)17-4-7-19(8-5-17)30(33)34/h4-9,13-14,16H,3,10-12,15H2,1-2H3/t16-/m1/s1. The third-order valence-corrected chi connectivity index (χ3v) is 6.27. The lowest BCUT2D eigenvalue weighted by Crippen LogP contribution is -2.55. The van der Waals surface area contributed by atoms with E-state index in [1.165, 1.54) is 12.1 Å². The van der Waals surface area contributed by atoms with Crippen LogP contribution >= 0.6 is 11.6 Å². The molecule has 182 valence electrons. The molecule has 10 heteroatoms. The van der Waals surface area contributed by atoms with Gasteiger partial charge in [-0.2, -0.15) is 0 Å². The first-order valence-corrected chi connectivity index (χ1v) is 11.7. The van der Waals surface area contributed by atoms with Gasteiger partial charge in [-0.3, -0.25) is 14.9 Å². The number of nitro groups is 1. The predicted molar refractivity (Wildman–Crippen MR) is 133 cm³/mol. The van der Waals surface area contributed by atoms with Crippen molar-refractivity contribution < 1.29 is 19.2 Å². The third-order valence-electron chi connectivity index (χ3n) is 5.96. The van der Waals surface area contributed by atoms with Crippen LogP contribution in [0.5, 0.6) is 0 Å². The molecular weight excluding hydrogens is 472 g/mol. The fraction of sp³-hybridized carbons (Fsp3) is 0.320. The average molecular weight is 497 g/mol. The number of benzene rings is 2. The molecule has 0 unspecified atom stereocenters. The van der Waals surface area contributed by atoms with Gasteiger partial charge in [-0.25, -0.2) is 9.78 Å². The molecule has 2 heterocycles. The van der Waals surface area contributed by atoms with Gasteiger partial charge in [0.1, 0.15) is 0 Å². The number of ether oxygens (including phenoxy) is 1. The van der Waals surface area contributed by atoms with Crippen LogP contribution in [0.1, 0.15) is 30.6 Å². The number of nitrogens with zero attached hydrogens (tertiary/aromatic N) is 4. The number of aromatic nitrogens is 1. The molecule has 1 aliphatic heterocycles. The molecule has 3 aromatic rings. The number of carbonyl (C=O) groups excluding carboxylic acids is 2. The summed E-state index contributed by atoms with van der Waals surface area (Å²) in [5, 5.41) is 12.1. The Labute approximate surface area is 207 Å². The van der Waals surface area contributed by atoms with Gasteiger partial charge in [0.05, 0.1) is 27.8 Å². The van der Waals surface area contributed by atoms with Crippen LogP contribution < -0.4 is 0 Å². The van der Waals surface area contributed by atoms with Crippen LogP contribution in [0.15, 0.2) is 48.5 Å². The summed E-state index contributed by atoms with van der Waals surface area (Å²) >= 11 is 6.48. The van der Waals surface area contributed by atoms with Crippen molar-refractivity contribution in [2.24, 2.45) is 0 Å². The molecule has 0 aliphatic carbocycles. The van der Waals surface area contributed by atoms with Gasteiger partial charge >= 0.3 is 6.09 Å². The fourth-order valence-electron chi connectivity index (χ4n) is 4.09. The molecule has 9 nitrogen and oxygen atoms in total. The molecule has 1 fully saturated rings. The van der Waals surface area contributed by atoms with Crippen molar-refractivity contribution in [3.05, 3.63) is 69.2 Å². The first-order chi connectivity index (χ1) is 16.8. The van der Waals surface area contributed by atoms with Crippen LogP contribution in [0.2, 0.25) is 5.02 Å². The molecule has 2 aromatic carbocycles. The number of nitro benzene ring substituents is 1. The molecule has 2 amide bonds. The molecule has 0 radical (unpaired) electrons. The number of halogens is 1. The average Bonchev–Trinajstić information content (AvgIpc) is 2.86. The van der Waals surface area contributed by atoms with Gasteiger partial charge < -0.3 is 14.5 Å². The van der Waals surface area contributed by atoms with Gasteiger partial charge in [-0.1, -0.05) is 24.6 Å². The molecule has 4 rings (SSSR count). The van der Waals surface area contributed by atoms with E-state index in [1.54, 1.807) is 46.2 Å². The second-order valence-electron chi connectivity index (χ2n) is 8.43. The lowest BCUT2D eigenvalue weighted by molar-refractivity contribution is -0.384. The number of fused-ring (bicyclic) bond motifs is 1. The smallest absolute Gasteiger partial charge is 0.410 e. The maximum Gasteiger partial charge on any atom is 0.410 e. The molecule has 1 atom stereocenters. The number of hydrogen-bond donors (Lipinski definition) is 0. The van der Waals surface area contributed by atoms with E-state index >= 15 is 0 Å². The Morgan fingerprint density at radius 2 is 1.91 bits per heavy atom. The first-order valence-electron chi connectivity index (χ1n) is 11.4. The van der Waals surface area contributed by atoms with Gasteiger partial charge in [0.2, 0.25) is 0 Å². The van der Waals surface area contributed by atoms with Crippen molar-refractivity contribution >= 4 is 40.2 Å². The normalized spacial score (nSPS) is 15.8. The zero-order valence-corrected chi connectivity index (χ0v) is 20.2. The van der Waals surface area contributed by atoms with Gasteiger partial charge in [0.15, 0.2) is 0 Å². The van der Waals surface area contributed by atoms with Crippen molar-refractivity contribution in [3.63, 3.8) is 0 Å². The molecule has 35 heavy (non-hydrogen) atoms. The third kappa shape index (κ3) is 5.19. The predicted octanol–water partition coefficient (Wildman–Crippen LogP) is 5.16. The topological polar surface area (TPSA) is 106 Å². The summed E-state index contributed by atoms with van der Waals surface area (Å²) in [5.74, 6) is -0.154. The summed E-state index contributed by atoms with van der Waals surface area (Å²) in [5.41, 5.74) is 2.23. The maximum absolute atomic E-state index is 13.2. The van der Waals surface area contributed by atoms with E-state index in [4.69, 9.17) is 16.3 Å². The zero-order chi connectivity index (χ0) is 25.1. The Bertz CT molecular complexity index is 1280. The van der Waals surface area contributed by atoms with E-state index in [-0.39, 0.29) is 23.7 Å². The number of non-ortho nitro benzene ring substituents is 1. The Hall–Kier alpha value is -3.72. The van der Waals surface area contributed by atoms with Crippen LogP contribution in [0, 0.1) is 10.1 Å². The van der Waals surface area contributed by atoms with E-state index in [0.29, 0.717) is 59.0 Å². The van der Waals surface area contributed by atoms with Gasteiger partial charge in [0, 0.05) is 54.3 Å². The van der Waals surface area contributed by atoms with Crippen LogP contribution in [-0.4, -0.2) is 64.0 Å². The van der Waals surface area contributed by atoms with E-state index in [2.05, 4.69) is 4.98 Å². The second-order valence-corrected chi connectivity index (χ2v) is 8.84. The van der Waals surface area contributed by atoms with Crippen molar-refractivity contribution in [2.75, 3.05) is 26.2 Å². The van der Waals surface area contributed by atoms with Gasteiger partial charge in [-0.05, 0) is 43.7 Å². The molecule has 0 saturated carbocycles. The highest BCUT2D eigenvalue weighted by atomic mass is 35.5. The second kappa shape index (κ2) is 10.3. The van der Waals surface area contributed by atoms with Crippen LogP contribution in [-0.2, 0) is 4.74 Å². The highest BCUT2D eigenvalue weighted by Gasteiger charge is 2.31. The zero-order valence-electron chi connectivity index (χ0n) is 19.4. The number of carbonyl (C=O) groups is 2. The molecule has 1 aromatic heterocycles. The lowest BCUT2D eigenvalue weighted by Gasteiger charge is -2.39. The lowest BCUT2D eigenvalue weighted by atomic mass is 10.1. The Morgan fingerprint density at radius 1 is 1.17 bits per heavy atom. The van der Waals surface area contributed by atoms with E-state index in [0.717, 1.165) is 6.42 Å². The number of amides is 2. The van der Waals surface area contributed by atoms with Gasteiger partial charge in [-0.15, -0.1) is 0 Å². The molecule has 0 N–H and O–H groups in total. The van der Waals surface area contributed by atoms with Crippen LogP contribution in [0.25, 0.3) is 22.2 Å². The highest BCUT2D eigenvalue weighted by molar-refractivity contribution is 6.35. The van der Waals surface area contributed by atoms with E-state index in [9.17, 15) is 19.7 Å². The molecule has 0 bridgehead atoms. The Balaban J connectivity index is 1.55. The Morgan fingerprint density at radius 3 is 2.57 bits per heavy atom. The Kier molecular flexibility index (Phi) is 7.16. The van der Waals surface area contributed by atoms with E-state index < -0.39 is 4.92 Å². The SMILES string of the molecule is CCCOC(=O)N1CCN(C(=O)c2ccc3c(Cl)cc(-c4ccc([N+](=O)[O-])cc4)nc3c2)C[C@H]1C. The maximum atomic E-state index is 13.2. The van der Waals surface area contributed by atoms with Crippen molar-refractivity contribution in [3.8, 4) is 11.3 Å². The van der Waals surface area contributed by atoms with Crippen LogP contribution in [0.4, 0.5) is 10.5 Å². The summed E-state index contributed by atoms with van der Waals surface area (Å²) in [6.07, 6.45) is 0.402. The van der Waals surface area contributed by atoms with Crippen molar-refractivity contribution in [1.82, 2.24) is 14.8 Å². The summed E-state index contributed by atoms with van der Waals surface area (Å²) < 4.78 is 5.24. The number of pyridine rings is 1. The monoisotopic (exact) mass is 496 g/mol. The molecular formula is C25H25ClN4O5. The summed E-state index contributed by atoms with van der Waals surface area (Å²) in [6.45, 7) is 5.41. The number of piperazine rings is 1. The summed E-state index contributed by atoms with van der Waals surface area (Å²) in [4.78, 5) is 44.0. The molecule has 0 spiro atoms. The quantitative estimate of drug-likeness (QED) is 0.357. The fourth-order valence-corrected chi connectivity index (χ4v) is 4.35. The minimum atomic E-state index is -0.461. The van der Waals surface area contributed by atoms with Crippen molar-refractivity contribution in [2.45, 2.75) is 26.3 Å². The van der Waals surface area contributed by atoms with Gasteiger partial charge in [0.25, 0.3) is 11.6 Å². The van der Waals surface area contributed by atoms with E-state index in [1.807, 2.05) is 13.8 Å². The minimum Gasteiger partial charge on any atom is -0.449 e. The number of hydrogen-bond acceptors (Lipinski definition) is 6.